The summed E-state index contributed by atoms with van der Waals surface area (Å²) in [7, 11) is 3.63. The number of hydrogen-bond donors (Lipinski definition) is 0. The maximum absolute atomic E-state index is 5.62. The highest BCUT2D eigenvalue weighted by molar-refractivity contribution is 7.71. The molecule has 0 aliphatic carbocycles. The van der Waals surface area contributed by atoms with Crippen molar-refractivity contribution in [2.24, 2.45) is 7.05 Å². The van der Waals surface area contributed by atoms with E-state index in [0.29, 0.717) is 6.67 Å². The van der Waals surface area contributed by atoms with Crippen molar-refractivity contribution >= 4 is 18.0 Å². The van der Waals surface area contributed by atoms with Crippen LogP contribution >= 0.6 is 12.2 Å². The molecule has 4 rings (SSSR count). The molecule has 0 radical (unpaired) electrons. The van der Waals surface area contributed by atoms with E-state index in [4.69, 9.17) is 22.1 Å². The Labute approximate surface area is 169 Å². The van der Waals surface area contributed by atoms with Crippen LogP contribution in [0.2, 0.25) is 0 Å². The van der Waals surface area contributed by atoms with Gasteiger partial charge in [0.25, 0.3) is 0 Å². The van der Waals surface area contributed by atoms with E-state index in [-0.39, 0.29) is 0 Å². The first-order valence-electron chi connectivity index (χ1n) is 9.32. The third kappa shape index (κ3) is 3.79. The molecule has 0 atom stereocenters. The van der Waals surface area contributed by atoms with Crippen molar-refractivity contribution in [2.75, 3.05) is 38.2 Å². The molecule has 0 saturated carbocycles. The molecule has 146 valence electrons. The predicted molar refractivity (Wildman–Crippen MR) is 112 cm³/mol. The van der Waals surface area contributed by atoms with Gasteiger partial charge in [0.2, 0.25) is 0 Å². The minimum atomic E-state index is 0.693. The fourth-order valence-corrected chi connectivity index (χ4v) is 3.61. The molecular weight excluding hydrogens is 372 g/mol. The Morgan fingerprint density at radius 3 is 2.43 bits per heavy atom. The zero-order valence-electron chi connectivity index (χ0n) is 16.2. The van der Waals surface area contributed by atoms with E-state index in [2.05, 4.69) is 20.9 Å². The Balaban J connectivity index is 1.45. The van der Waals surface area contributed by atoms with Gasteiger partial charge >= 0.3 is 0 Å². The quantitative estimate of drug-likeness (QED) is 0.618. The fraction of sp³-hybridized carbons (Fsp3) is 0.350. The molecule has 3 heterocycles. The lowest BCUT2D eigenvalue weighted by atomic mass is 10.2. The first-order chi connectivity index (χ1) is 13.7. The minimum absolute atomic E-state index is 0.693. The van der Waals surface area contributed by atoms with Crippen LogP contribution in [-0.4, -0.2) is 57.5 Å². The third-order valence-electron chi connectivity index (χ3n) is 5.07. The van der Waals surface area contributed by atoms with Gasteiger partial charge in [-0.05, 0) is 48.6 Å². The van der Waals surface area contributed by atoms with Crippen molar-refractivity contribution < 1.29 is 4.74 Å². The molecule has 1 fully saturated rings. The normalized spacial score (nSPS) is 15.0. The summed E-state index contributed by atoms with van der Waals surface area (Å²) in [4.78, 5) is 9.14. The number of benzene rings is 1. The molecule has 1 aliphatic heterocycles. The number of rotatable bonds is 5. The molecule has 0 bridgehead atoms. The highest BCUT2D eigenvalue weighted by atomic mass is 32.1. The summed E-state index contributed by atoms with van der Waals surface area (Å²) in [5.41, 5.74) is 1.02. The Bertz CT molecular complexity index is 974. The summed E-state index contributed by atoms with van der Waals surface area (Å²) in [6.07, 6.45) is 1.84. The number of pyridine rings is 1. The SMILES string of the molecule is COc1ccc(-c2nn(CN3CCN(c4ccccn4)CC3)c(=S)n2C)cc1. The fourth-order valence-electron chi connectivity index (χ4n) is 3.42. The van der Waals surface area contributed by atoms with Crippen LogP contribution in [0.4, 0.5) is 5.82 Å². The molecule has 0 spiro atoms. The molecular formula is C20H24N6OS. The number of piperazine rings is 1. The number of methoxy groups -OCH3 is 1. The van der Waals surface area contributed by atoms with Gasteiger partial charge in [0.05, 0.1) is 13.8 Å². The largest absolute Gasteiger partial charge is 0.497 e. The molecule has 0 amide bonds. The van der Waals surface area contributed by atoms with Crippen molar-refractivity contribution in [1.82, 2.24) is 24.2 Å². The van der Waals surface area contributed by atoms with Crippen molar-refractivity contribution in [2.45, 2.75) is 6.67 Å². The highest BCUT2D eigenvalue weighted by Gasteiger charge is 2.19. The van der Waals surface area contributed by atoms with Crippen LogP contribution in [-0.2, 0) is 13.7 Å². The van der Waals surface area contributed by atoms with Crippen LogP contribution in [0, 0.1) is 4.77 Å². The van der Waals surface area contributed by atoms with Gasteiger partial charge in [-0.1, -0.05) is 6.07 Å². The number of nitrogens with zero attached hydrogens (tertiary/aromatic N) is 6. The second-order valence-electron chi connectivity index (χ2n) is 6.83. The third-order valence-corrected chi connectivity index (χ3v) is 5.55. The number of ether oxygens (including phenoxy) is 1. The van der Waals surface area contributed by atoms with E-state index in [1.807, 2.05) is 58.9 Å². The van der Waals surface area contributed by atoms with Crippen molar-refractivity contribution in [3.63, 3.8) is 0 Å². The monoisotopic (exact) mass is 396 g/mol. The molecule has 3 aromatic rings. The number of anilines is 1. The van der Waals surface area contributed by atoms with E-state index in [1.165, 1.54) is 0 Å². The lowest BCUT2D eigenvalue weighted by Crippen LogP contribution is -2.47. The Morgan fingerprint density at radius 1 is 1.04 bits per heavy atom. The van der Waals surface area contributed by atoms with Crippen molar-refractivity contribution in [3.8, 4) is 17.1 Å². The topological polar surface area (TPSA) is 51.4 Å². The molecule has 0 N–H and O–H groups in total. The second kappa shape index (κ2) is 8.12. The zero-order valence-corrected chi connectivity index (χ0v) is 17.0. The Morgan fingerprint density at radius 2 is 1.79 bits per heavy atom. The first-order valence-corrected chi connectivity index (χ1v) is 9.73. The smallest absolute Gasteiger partial charge is 0.199 e. The molecule has 1 saturated heterocycles. The molecule has 7 nitrogen and oxygen atoms in total. The molecule has 0 unspecified atom stereocenters. The van der Waals surface area contributed by atoms with Gasteiger partial charge in [-0.2, -0.15) is 5.10 Å². The molecule has 1 aliphatic rings. The van der Waals surface area contributed by atoms with E-state index in [0.717, 1.165) is 53.9 Å². The average molecular weight is 397 g/mol. The summed E-state index contributed by atoms with van der Waals surface area (Å²) in [5.74, 6) is 2.73. The van der Waals surface area contributed by atoms with Crippen molar-refractivity contribution in [1.29, 1.82) is 0 Å². The number of hydrogen-bond acceptors (Lipinski definition) is 6. The maximum atomic E-state index is 5.62. The highest BCUT2D eigenvalue weighted by Crippen LogP contribution is 2.21. The van der Waals surface area contributed by atoms with Gasteiger partial charge in [0.15, 0.2) is 10.6 Å². The van der Waals surface area contributed by atoms with Crippen LogP contribution in [0.15, 0.2) is 48.7 Å². The van der Waals surface area contributed by atoms with Gasteiger partial charge in [0.1, 0.15) is 11.6 Å². The average Bonchev–Trinajstić information content (AvgIpc) is 3.03. The summed E-state index contributed by atoms with van der Waals surface area (Å²) >= 11 is 5.62. The van der Waals surface area contributed by atoms with Crippen LogP contribution in [0.25, 0.3) is 11.4 Å². The summed E-state index contributed by atoms with van der Waals surface area (Å²) in [6, 6.07) is 13.9. The summed E-state index contributed by atoms with van der Waals surface area (Å²) in [6.45, 7) is 4.49. The van der Waals surface area contributed by atoms with Crippen LogP contribution in [0.1, 0.15) is 0 Å². The predicted octanol–water partition coefficient (Wildman–Crippen LogP) is 2.80. The van der Waals surface area contributed by atoms with Gasteiger partial charge in [0, 0.05) is 45.0 Å². The lowest BCUT2D eigenvalue weighted by molar-refractivity contribution is 0.194. The minimum Gasteiger partial charge on any atom is -0.497 e. The molecule has 2 aromatic heterocycles. The van der Waals surface area contributed by atoms with E-state index in [9.17, 15) is 0 Å². The Kier molecular flexibility index (Phi) is 5.40. The standard InChI is InChI=1S/C20H24N6OS/c1-23-19(16-6-8-17(27-2)9-7-16)22-26(20(23)28)15-24-11-13-25(14-12-24)18-5-3-4-10-21-18/h3-10H,11-15H2,1-2H3. The summed E-state index contributed by atoms with van der Waals surface area (Å²) < 4.78 is 9.83. The van der Waals surface area contributed by atoms with Gasteiger partial charge in [-0.3, -0.25) is 4.90 Å². The van der Waals surface area contributed by atoms with E-state index < -0.39 is 0 Å². The molecule has 28 heavy (non-hydrogen) atoms. The lowest BCUT2D eigenvalue weighted by Gasteiger charge is -2.35. The van der Waals surface area contributed by atoms with Crippen LogP contribution < -0.4 is 9.64 Å². The van der Waals surface area contributed by atoms with Gasteiger partial charge in [-0.15, -0.1) is 0 Å². The van der Waals surface area contributed by atoms with E-state index in [1.54, 1.807) is 7.11 Å². The van der Waals surface area contributed by atoms with Gasteiger partial charge in [-0.25, -0.2) is 9.67 Å². The second-order valence-corrected chi connectivity index (χ2v) is 7.19. The zero-order chi connectivity index (χ0) is 19.5. The van der Waals surface area contributed by atoms with Crippen molar-refractivity contribution in [3.05, 3.63) is 53.4 Å². The van der Waals surface area contributed by atoms with Crippen LogP contribution in [0.5, 0.6) is 5.75 Å². The van der Waals surface area contributed by atoms with E-state index >= 15 is 0 Å². The summed E-state index contributed by atoms with van der Waals surface area (Å²) in [5, 5.41) is 4.77. The Hall–Kier alpha value is -2.71. The van der Waals surface area contributed by atoms with Crippen LogP contribution in [0.3, 0.4) is 0 Å². The first kappa shape index (κ1) is 18.6. The molecule has 8 heteroatoms. The maximum Gasteiger partial charge on any atom is 0.199 e. The van der Waals surface area contributed by atoms with Gasteiger partial charge < -0.3 is 14.2 Å². The number of aromatic nitrogens is 4. The molecule has 1 aromatic carbocycles.